The maximum atomic E-state index is 10.2. The molecule has 2 saturated carbocycles. The summed E-state index contributed by atoms with van der Waals surface area (Å²) in [5.74, 6) is 0.400. The predicted molar refractivity (Wildman–Crippen MR) is 102 cm³/mol. The van der Waals surface area contributed by atoms with Gasteiger partial charge in [0.15, 0.2) is 6.29 Å². The zero-order valence-corrected chi connectivity index (χ0v) is 17.0. The van der Waals surface area contributed by atoms with Crippen molar-refractivity contribution in [1.82, 2.24) is 0 Å². The second kappa shape index (κ2) is 8.30. The average molecular weight is 401 g/mol. The van der Waals surface area contributed by atoms with E-state index in [1.54, 1.807) is 0 Å². The Hall–Kier alpha value is -0.540. The average Bonchev–Trinajstić information content (AvgIpc) is 2.67. The van der Waals surface area contributed by atoms with E-state index in [1.807, 2.05) is 0 Å². The van der Waals surface area contributed by atoms with Gasteiger partial charge in [-0.15, -0.1) is 0 Å². The van der Waals surface area contributed by atoms with Crippen molar-refractivity contribution in [1.29, 1.82) is 0 Å². The van der Waals surface area contributed by atoms with Gasteiger partial charge in [0, 0.05) is 12.5 Å². The Labute approximate surface area is 167 Å². The van der Waals surface area contributed by atoms with Crippen molar-refractivity contribution in [2.75, 3.05) is 19.8 Å². The van der Waals surface area contributed by atoms with Gasteiger partial charge in [0.1, 0.15) is 24.4 Å². The summed E-state index contributed by atoms with van der Waals surface area (Å²) in [6.45, 7) is 8.65. The molecule has 162 valence electrons. The van der Waals surface area contributed by atoms with Gasteiger partial charge in [-0.05, 0) is 42.4 Å². The molecule has 3 aliphatic rings. The van der Waals surface area contributed by atoms with Gasteiger partial charge >= 0.3 is 0 Å². The van der Waals surface area contributed by atoms with E-state index in [9.17, 15) is 25.5 Å². The van der Waals surface area contributed by atoms with Crippen LogP contribution in [0, 0.1) is 22.7 Å². The van der Waals surface area contributed by atoms with Crippen molar-refractivity contribution < 1.29 is 35.0 Å². The molecule has 0 amide bonds. The van der Waals surface area contributed by atoms with Crippen molar-refractivity contribution in [3.05, 3.63) is 12.2 Å². The molecule has 0 spiro atoms. The molecular formula is C21H36O7. The van der Waals surface area contributed by atoms with Crippen LogP contribution in [0.3, 0.4) is 0 Å². The van der Waals surface area contributed by atoms with Gasteiger partial charge in [0.2, 0.25) is 0 Å². The minimum absolute atomic E-state index is 0.0461. The highest BCUT2D eigenvalue weighted by molar-refractivity contribution is 5.16. The van der Waals surface area contributed by atoms with Crippen LogP contribution in [-0.4, -0.2) is 76.1 Å². The molecule has 7 heteroatoms. The minimum Gasteiger partial charge on any atom is -0.396 e. The maximum absolute atomic E-state index is 10.2. The topological polar surface area (TPSA) is 120 Å². The molecule has 1 heterocycles. The van der Waals surface area contributed by atoms with Gasteiger partial charge in [-0.2, -0.15) is 0 Å². The first-order chi connectivity index (χ1) is 13.2. The van der Waals surface area contributed by atoms with Gasteiger partial charge in [0.05, 0.1) is 13.2 Å². The summed E-state index contributed by atoms with van der Waals surface area (Å²) in [5, 5.41) is 49.5. The highest BCUT2D eigenvalue weighted by atomic mass is 16.7. The number of rotatable bonds is 5. The van der Waals surface area contributed by atoms with E-state index in [1.165, 1.54) is 0 Å². The third-order valence-electron chi connectivity index (χ3n) is 7.78. The van der Waals surface area contributed by atoms with E-state index in [-0.39, 0.29) is 30.0 Å². The number of fused-ring (bicyclic) bond motifs is 1. The van der Waals surface area contributed by atoms with Crippen LogP contribution in [0.15, 0.2) is 12.2 Å². The molecule has 0 aromatic carbocycles. The molecule has 1 aliphatic heterocycles. The summed E-state index contributed by atoms with van der Waals surface area (Å²) in [6.07, 6.45) is -1.39. The van der Waals surface area contributed by atoms with Gasteiger partial charge in [-0.25, -0.2) is 0 Å². The van der Waals surface area contributed by atoms with E-state index in [2.05, 4.69) is 20.4 Å². The van der Waals surface area contributed by atoms with Crippen LogP contribution in [-0.2, 0) is 9.47 Å². The van der Waals surface area contributed by atoms with Crippen LogP contribution in [0.2, 0.25) is 0 Å². The number of ether oxygens (including phenoxy) is 2. The molecule has 2 aliphatic carbocycles. The number of hydrogen-bond acceptors (Lipinski definition) is 7. The maximum Gasteiger partial charge on any atom is 0.186 e. The van der Waals surface area contributed by atoms with Crippen LogP contribution in [0.25, 0.3) is 0 Å². The third-order valence-corrected chi connectivity index (χ3v) is 7.78. The summed E-state index contributed by atoms with van der Waals surface area (Å²) in [6, 6.07) is 0. The van der Waals surface area contributed by atoms with E-state index in [0.29, 0.717) is 5.92 Å². The Morgan fingerprint density at radius 3 is 2.46 bits per heavy atom. The number of aliphatic hydroxyl groups excluding tert-OH is 5. The molecule has 7 nitrogen and oxygen atoms in total. The standard InChI is InChI=1S/C21H36O7/c1-12-5-6-15-20(2,11-23)7-4-8-21(15,3)13(12)10-27-19-18(26)17(25)16(24)14(9-22)28-19/h13-19,22-26H,1,4-11H2,2-3H3/t13-,14+,15-,16+,17-,18+,19+,20-,21+/m0/s1. The zero-order valence-electron chi connectivity index (χ0n) is 17.0. The van der Waals surface area contributed by atoms with Crippen LogP contribution in [0.5, 0.6) is 0 Å². The predicted octanol–water partition coefficient (Wildman–Crippen LogP) is 0.574. The Bertz CT molecular complexity index is 567. The molecule has 1 saturated heterocycles. The number of hydrogen-bond donors (Lipinski definition) is 5. The van der Waals surface area contributed by atoms with Crippen LogP contribution >= 0.6 is 0 Å². The highest BCUT2D eigenvalue weighted by Gasteiger charge is 2.55. The quantitative estimate of drug-likeness (QED) is 0.428. The molecular weight excluding hydrogens is 364 g/mol. The van der Waals surface area contributed by atoms with Gasteiger partial charge in [0.25, 0.3) is 0 Å². The van der Waals surface area contributed by atoms with Gasteiger partial charge in [-0.1, -0.05) is 32.4 Å². The Balaban J connectivity index is 1.74. The lowest BCUT2D eigenvalue weighted by Crippen LogP contribution is -2.59. The van der Waals surface area contributed by atoms with Crippen LogP contribution in [0.4, 0.5) is 0 Å². The van der Waals surface area contributed by atoms with E-state index >= 15 is 0 Å². The van der Waals surface area contributed by atoms with Crippen molar-refractivity contribution in [2.45, 2.75) is 76.7 Å². The Kier molecular flexibility index (Phi) is 6.57. The fourth-order valence-corrected chi connectivity index (χ4v) is 5.98. The lowest BCUT2D eigenvalue weighted by molar-refractivity contribution is -0.305. The zero-order chi connectivity index (χ0) is 20.7. The summed E-state index contributed by atoms with van der Waals surface area (Å²) in [5.41, 5.74) is 0.916. The molecule has 0 aromatic rings. The molecule has 0 aromatic heterocycles. The second-order valence-electron chi connectivity index (χ2n) is 9.50. The molecule has 0 bridgehead atoms. The van der Waals surface area contributed by atoms with E-state index < -0.39 is 37.3 Å². The smallest absolute Gasteiger partial charge is 0.186 e. The molecule has 0 unspecified atom stereocenters. The lowest BCUT2D eigenvalue weighted by atomic mass is 9.47. The molecule has 9 atom stereocenters. The van der Waals surface area contributed by atoms with Crippen molar-refractivity contribution in [3.8, 4) is 0 Å². The molecule has 3 rings (SSSR count). The highest BCUT2D eigenvalue weighted by Crippen LogP contribution is 2.60. The minimum atomic E-state index is -1.44. The fraction of sp³-hybridized carbons (Fsp3) is 0.905. The SMILES string of the molecule is C=C1CC[C@H]2[C@](C)(CO)CCC[C@]2(C)[C@H]1CO[C@@H]1O[C@H](CO)[C@@H](O)[C@H](O)[C@H]1O. The number of aliphatic hydroxyl groups is 5. The van der Waals surface area contributed by atoms with Gasteiger partial charge in [-0.3, -0.25) is 0 Å². The van der Waals surface area contributed by atoms with E-state index in [4.69, 9.17) is 9.47 Å². The normalized spacial score (nSPS) is 49.7. The van der Waals surface area contributed by atoms with Crippen molar-refractivity contribution in [3.63, 3.8) is 0 Å². The fourth-order valence-electron chi connectivity index (χ4n) is 5.98. The van der Waals surface area contributed by atoms with Crippen LogP contribution in [0.1, 0.15) is 46.0 Å². The second-order valence-corrected chi connectivity index (χ2v) is 9.50. The largest absolute Gasteiger partial charge is 0.396 e. The van der Waals surface area contributed by atoms with Crippen molar-refractivity contribution in [2.24, 2.45) is 22.7 Å². The van der Waals surface area contributed by atoms with Crippen LogP contribution < -0.4 is 0 Å². The molecule has 5 N–H and O–H groups in total. The first kappa shape index (κ1) is 22.2. The van der Waals surface area contributed by atoms with Crippen molar-refractivity contribution >= 4 is 0 Å². The Morgan fingerprint density at radius 2 is 1.82 bits per heavy atom. The molecule has 0 radical (unpaired) electrons. The summed E-state index contributed by atoms with van der Waals surface area (Å²) in [7, 11) is 0. The lowest BCUT2D eigenvalue weighted by Gasteiger charge is -2.58. The first-order valence-corrected chi connectivity index (χ1v) is 10.4. The van der Waals surface area contributed by atoms with Gasteiger partial charge < -0.3 is 35.0 Å². The Morgan fingerprint density at radius 1 is 1.11 bits per heavy atom. The summed E-state index contributed by atoms with van der Waals surface area (Å²) >= 11 is 0. The summed E-state index contributed by atoms with van der Waals surface area (Å²) in [4.78, 5) is 0. The molecule has 28 heavy (non-hydrogen) atoms. The van der Waals surface area contributed by atoms with E-state index in [0.717, 1.165) is 37.7 Å². The third kappa shape index (κ3) is 3.67. The molecule has 3 fully saturated rings. The monoisotopic (exact) mass is 400 g/mol. The first-order valence-electron chi connectivity index (χ1n) is 10.4. The summed E-state index contributed by atoms with van der Waals surface area (Å²) < 4.78 is 11.4.